The molecule has 5 nitrogen and oxygen atoms in total. The molecule has 2 atom stereocenters. The summed E-state index contributed by atoms with van der Waals surface area (Å²) >= 11 is 0. The Morgan fingerprint density at radius 3 is 2.50 bits per heavy atom. The highest BCUT2D eigenvalue weighted by Gasteiger charge is 2.27. The summed E-state index contributed by atoms with van der Waals surface area (Å²) in [5.74, 6) is 1.52. The van der Waals surface area contributed by atoms with Gasteiger partial charge in [-0.2, -0.15) is 0 Å². The number of nitrogen functional groups attached to an aromatic ring is 1. The number of rotatable bonds is 10. The number of nitrogens with one attached hydrogen (secondary N) is 1. The molecule has 0 saturated heterocycles. The first-order valence-electron chi connectivity index (χ1n) is 11.0. The number of anilines is 2. The van der Waals surface area contributed by atoms with Gasteiger partial charge in [0, 0.05) is 12.1 Å². The van der Waals surface area contributed by atoms with Crippen LogP contribution in [-0.4, -0.2) is 24.7 Å². The van der Waals surface area contributed by atoms with Crippen molar-refractivity contribution in [2.45, 2.75) is 84.8 Å². The molecule has 2 unspecified atom stereocenters. The minimum absolute atomic E-state index is 0.317. The quantitative estimate of drug-likeness (QED) is 0.413. The Balaban J connectivity index is 2.08. The number of nitrogens with two attached hydrogens (primary N) is 1. The summed E-state index contributed by atoms with van der Waals surface area (Å²) in [6.45, 7) is 8.72. The molecule has 1 aromatic carbocycles. The van der Waals surface area contributed by atoms with Crippen LogP contribution < -0.4 is 15.8 Å². The van der Waals surface area contributed by atoms with Gasteiger partial charge in [-0.15, -0.1) is 0 Å². The summed E-state index contributed by atoms with van der Waals surface area (Å²) in [6.07, 6.45) is 7.45. The van der Waals surface area contributed by atoms with Crippen molar-refractivity contribution < 1.29 is 14.3 Å². The summed E-state index contributed by atoms with van der Waals surface area (Å²) in [7, 11) is 0. The summed E-state index contributed by atoms with van der Waals surface area (Å²) in [5.41, 5.74) is 7.92. The fourth-order valence-electron chi connectivity index (χ4n) is 4.13. The predicted octanol–water partition coefficient (Wildman–Crippen LogP) is 5.40. The average molecular weight is 391 g/mol. The molecule has 1 aliphatic rings. The van der Waals surface area contributed by atoms with Crippen LogP contribution in [-0.2, 0) is 9.53 Å². The third kappa shape index (κ3) is 6.32. The lowest BCUT2D eigenvalue weighted by Gasteiger charge is -2.34. The van der Waals surface area contributed by atoms with E-state index in [1.54, 1.807) is 6.92 Å². The molecule has 1 aromatic rings. The lowest BCUT2D eigenvalue weighted by molar-refractivity contribution is -0.151. The van der Waals surface area contributed by atoms with E-state index < -0.39 is 6.10 Å². The molecule has 1 fully saturated rings. The van der Waals surface area contributed by atoms with E-state index >= 15 is 0 Å². The van der Waals surface area contributed by atoms with Crippen molar-refractivity contribution in [1.29, 1.82) is 0 Å². The van der Waals surface area contributed by atoms with Crippen molar-refractivity contribution in [2.24, 2.45) is 11.8 Å². The van der Waals surface area contributed by atoms with Crippen molar-refractivity contribution in [3.63, 3.8) is 0 Å². The van der Waals surface area contributed by atoms with Gasteiger partial charge in [0.1, 0.15) is 5.75 Å². The van der Waals surface area contributed by atoms with Gasteiger partial charge in [-0.3, -0.25) is 0 Å². The number of ether oxygens (including phenoxy) is 2. The fraction of sp³-hybridized carbons (Fsp3) is 0.696. The molecule has 2 rings (SSSR count). The van der Waals surface area contributed by atoms with E-state index in [0.717, 1.165) is 12.1 Å². The summed E-state index contributed by atoms with van der Waals surface area (Å²) in [6, 6.07) is 6.08. The molecule has 158 valence electrons. The molecular formula is C23H38N2O3. The monoisotopic (exact) mass is 390 g/mol. The Morgan fingerprint density at radius 1 is 1.21 bits per heavy atom. The average Bonchev–Trinajstić information content (AvgIpc) is 2.67. The topological polar surface area (TPSA) is 73.6 Å². The molecule has 0 amide bonds. The molecule has 28 heavy (non-hydrogen) atoms. The third-order valence-corrected chi connectivity index (χ3v) is 5.60. The number of carbonyl (C=O) groups is 1. The molecule has 0 bridgehead atoms. The van der Waals surface area contributed by atoms with Gasteiger partial charge in [-0.25, -0.2) is 4.79 Å². The van der Waals surface area contributed by atoms with Crippen LogP contribution in [0.15, 0.2) is 18.2 Å². The van der Waals surface area contributed by atoms with E-state index in [4.69, 9.17) is 15.2 Å². The smallest absolute Gasteiger partial charge is 0.347 e. The van der Waals surface area contributed by atoms with Crippen LogP contribution in [0.4, 0.5) is 11.4 Å². The van der Waals surface area contributed by atoms with E-state index in [-0.39, 0.29) is 5.97 Å². The lowest BCUT2D eigenvalue weighted by atomic mass is 9.79. The maximum Gasteiger partial charge on any atom is 0.347 e. The second kappa shape index (κ2) is 11.2. The first-order chi connectivity index (χ1) is 13.5. The van der Waals surface area contributed by atoms with E-state index in [9.17, 15) is 4.79 Å². The molecule has 0 aromatic heterocycles. The maximum absolute atomic E-state index is 12.1. The molecule has 0 heterocycles. The SMILES string of the molecule is CCCC(Oc1ccc(NC(C(C)C)C2CCCCC2)c(N)c1)C(=O)OCC. The number of esters is 1. The van der Waals surface area contributed by atoms with E-state index in [1.165, 1.54) is 32.1 Å². The number of carbonyl (C=O) groups excluding carboxylic acids is 1. The maximum atomic E-state index is 12.1. The zero-order valence-corrected chi connectivity index (χ0v) is 18.0. The number of benzene rings is 1. The molecule has 0 radical (unpaired) electrons. The largest absolute Gasteiger partial charge is 0.479 e. The summed E-state index contributed by atoms with van der Waals surface area (Å²) in [5, 5.41) is 3.69. The zero-order chi connectivity index (χ0) is 20.5. The molecule has 0 spiro atoms. The highest BCUT2D eigenvalue weighted by molar-refractivity contribution is 5.75. The fourth-order valence-corrected chi connectivity index (χ4v) is 4.13. The number of hydrogen-bond donors (Lipinski definition) is 2. The Morgan fingerprint density at radius 2 is 1.93 bits per heavy atom. The summed E-state index contributed by atoms with van der Waals surface area (Å²) < 4.78 is 11.0. The minimum atomic E-state index is -0.589. The van der Waals surface area contributed by atoms with Gasteiger partial charge in [0.25, 0.3) is 0 Å². The van der Waals surface area contributed by atoms with Gasteiger partial charge in [-0.1, -0.05) is 46.5 Å². The Bertz CT molecular complexity index is 612. The van der Waals surface area contributed by atoms with Crippen LogP contribution in [0.3, 0.4) is 0 Å². The predicted molar refractivity (Wildman–Crippen MR) is 116 cm³/mol. The van der Waals surface area contributed by atoms with Crippen molar-refractivity contribution >= 4 is 17.3 Å². The Hall–Kier alpha value is -1.91. The Kier molecular flexibility index (Phi) is 8.94. The third-order valence-electron chi connectivity index (χ3n) is 5.60. The standard InChI is InChI=1S/C23H38N2O3/c1-5-10-21(23(26)27-6-2)28-18-13-14-20(19(24)15-18)25-22(16(3)4)17-11-8-7-9-12-17/h13-17,21-22,25H,5-12,24H2,1-4H3. The highest BCUT2D eigenvalue weighted by Crippen LogP contribution is 2.34. The van der Waals surface area contributed by atoms with Crippen LogP contribution in [0.5, 0.6) is 5.75 Å². The van der Waals surface area contributed by atoms with Crippen LogP contribution in [0, 0.1) is 11.8 Å². The molecule has 1 saturated carbocycles. The van der Waals surface area contributed by atoms with Gasteiger partial charge in [0.05, 0.1) is 18.0 Å². The van der Waals surface area contributed by atoms with Crippen molar-refractivity contribution in [1.82, 2.24) is 0 Å². The van der Waals surface area contributed by atoms with E-state index in [0.29, 0.717) is 42.3 Å². The van der Waals surface area contributed by atoms with Crippen LogP contribution >= 0.6 is 0 Å². The zero-order valence-electron chi connectivity index (χ0n) is 18.0. The second-order valence-corrected chi connectivity index (χ2v) is 8.21. The van der Waals surface area contributed by atoms with Crippen LogP contribution in [0.2, 0.25) is 0 Å². The molecule has 3 N–H and O–H groups in total. The summed E-state index contributed by atoms with van der Waals surface area (Å²) in [4.78, 5) is 12.1. The normalized spacial score (nSPS) is 17.2. The van der Waals surface area contributed by atoms with Gasteiger partial charge in [-0.05, 0) is 50.2 Å². The first kappa shape index (κ1) is 22.4. The molecular weight excluding hydrogens is 352 g/mol. The van der Waals surface area contributed by atoms with Crippen molar-refractivity contribution in [3.05, 3.63) is 18.2 Å². The van der Waals surface area contributed by atoms with Crippen molar-refractivity contribution in [2.75, 3.05) is 17.7 Å². The lowest BCUT2D eigenvalue weighted by Crippen LogP contribution is -2.35. The van der Waals surface area contributed by atoms with Gasteiger partial charge in [0.15, 0.2) is 6.10 Å². The Labute approximate surface area is 170 Å². The highest BCUT2D eigenvalue weighted by atomic mass is 16.6. The molecule has 5 heteroatoms. The second-order valence-electron chi connectivity index (χ2n) is 8.21. The van der Waals surface area contributed by atoms with Crippen LogP contribution in [0.1, 0.15) is 72.6 Å². The van der Waals surface area contributed by atoms with Gasteiger partial charge >= 0.3 is 5.97 Å². The minimum Gasteiger partial charge on any atom is -0.479 e. The van der Waals surface area contributed by atoms with Gasteiger partial charge in [0.2, 0.25) is 0 Å². The van der Waals surface area contributed by atoms with E-state index in [1.807, 2.05) is 25.1 Å². The first-order valence-corrected chi connectivity index (χ1v) is 11.0. The van der Waals surface area contributed by atoms with Crippen molar-refractivity contribution in [3.8, 4) is 5.75 Å². The van der Waals surface area contributed by atoms with Gasteiger partial charge < -0.3 is 20.5 Å². The molecule has 1 aliphatic carbocycles. The van der Waals surface area contributed by atoms with Crippen LogP contribution in [0.25, 0.3) is 0 Å². The number of hydrogen-bond acceptors (Lipinski definition) is 5. The molecule has 0 aliphatic heterocycles. The van der Waals surface area contributed by atoms with E-state index in [2.05, 4.69) is 19.2 Å².